The molecular formula is C22H31N3O2. The van der Waals surface area contributed by atoms with E-state index in [2.05, 4.69) is 26.9 Å². The van der Waals surface area contributed by atoms with Crippen molar-refractivity contribution in [1.29, 1.82) is 0 Å². The lowest BCUT2D eigenvalue weighted by Crippen LogP contribution is -2.31. The van der Waals surface area contributed by atoms with Crippen LogP contribution in [0.3, 0.4) is 0 Å². The Bertz CT molecular complexity index is 659. The maximum absolute atomic E-state index is 12.4. The van der Waals surface area contributed by atoms with Crippen LogP contribution in [0.25, 0.3) is 0 Å². The lowest BCUT2D eigenvalue weighted by Gasteiger charge is -2.28. The summed E-state index contributed by atoms with van der Waals surface area (Å²) >= 11 is 0. The Morgan fingerprint density at radius 3 is 2.44 bits per heavy atom. The van der Waals surface area contributed by atoms with Crippen LogP contribution in [0.1, 0.15) is 44.9 Å². The molecule has 27 heavy (non-hydrogen) atoms. The van der Waals surface area contributed by atoms with Gasteiger partial charge in [0.15, 0.2) is 0 Å². The second-order valence-electron chi connectivity index (χ2n) is 9.25. The van der Waals surface area contributed by atoms with E-state index in [0.29, 0.717) is 0 Å². The molecule has 4 aliphatic rings. The van der Waals surface area contributed by atoms with Gasteiger partial charge in [-0.3, -0.25) is 9.78 Å². The number of esters is 1. The fraction of sp³-hybridized carbons (Fsp3) is 0.727. The quantitative estimate of drug-likeness (QED) is 0.763. The molecule has 0 amide bonds. The van der Waals surface area contributed by atoms with E-state index in [1.54, 1.807) is 0 Å². The first-order valence-electron chi connectivity index (χ1n) is 10.8. The van der Waals surface area contributed by atoms with Crippen LogP contribution in [-0.2, 0) is 9.53 Å². The van der Waals surface area contributed by atoms with Gasteiger partial charge in [-0.15, -0.1) is 0 Å². The Balaban J connectivity index is 1.10. The third-order valence-electron chi connectivity index (χ3n) is 7.49. The molecule has 2 unspecified atom stereocenters. The van der Waals surface area contributed by atoms with Crippen LogP contribution in [-0.4, -0.2) is 54.7 Å². The van der Waals surface area contributed by atoms with E-state index >= 15 is 0 Å². The maximum atomic E-state index is 12.4. The number of hydrogen-bond acceptors (Lipinski definition) is 5. The standard InChI is InChI=1S/C22H31N3O2/c26-21-22(7-2-1-3-8-22)12-20(27-21)6-11-24-13-17-15-25(16-18(17)14-24)19-4-9-23-10-5-19/h4-5,9-10,17-18,20H,1-3,6-8,11-16H2/t17?,18?,20-/m1/s1. The summed E-state index contributed by atoms with van der Waals surface area (Å²) in [5.41, 5.74) is 1.19. The largest absolute Gasteiger partial charge is 0.462 e. The van der Waals surface area contributed by atoms with Gasteiger partial charge in [-0.05, 0) is 43.2 Å². The van der Waals surface area contributed by atoms with Gasteiger partial charge in [0.2, 0.25) is 0 Å². The molecule has 1 aliphatic carbocycles. The van der Waals surface area contributed by atoms with Crippen molar-refractivity contribution in [2.75, 3.05) is 37.6 Å². The van der Waals surface area contributed by atoms with Crippen LogP contribution in [0.5, 0.6) is 0 Å². The number of fused-ring (bicyclic) bond motifs is 1. The molecule has 1 saturated carbocycles. The molecule has 3 saturated heterocycles. The highest BCUT2D eigenvalue weighted by Gasteiger charge is 2.49. The first kappa shape index (κ1) is 17.5. The number of cyclic esters (lactones) is 1. The summed E-state index contributed by atoms with van der Waals surface area (Å²) in [6, 6.07) is 4.24. The van der Waals surface area contributed by atoms with E-state index in [1.807, 2.05) is 12.4 Å². The molecule has 0 aromatic carbocycles. The molecule has 1 spiro atoms. The predicted octanol–water partition coefficient (Wildman–Crippen LogP) is 3.11. The minimum atomic E-state index is -0.116. The molecule has 0 N–H and O–H groups in total. The fourth-order valence-electron chi connectivity index (χ4n) is 6.00. The lowest BCUT2D eigenvalue weighted by molar-refractivity contribution is -0.150. The van der Waals surface area contributed by atoms with Crippen LogP contribution in [0, 0.1) is 17.3 Å². The van der Waals surface area contributed by atoms with Gasteiger partial charge in [0, 0.05) is 57.2 Å². The zero-order valence-electron chi connectivity index (χ0n) is 16.2. The molecule has 4 heterocycles. The molecule has 5 nitrogen and oxygen atoms in total. The fourth-order valence-corrected chi connectivity index (χ4v) is 6.00. The molecule has 5 heteroatoms. The van der Waals surface area contributed by atoms with Gasteiger partial charge in [0.05, 0.1) is 5.41 Å². The number of aromatic nitrogens is 1. The Hall–Kier alpha value is -1.62. The molecule has 0 bridgehead atoms. The van der Waals surface area contributed by atoms with Gasteiger partial charge in [0.25, 0.3) is 0 Å². The van der Waals surface area contributed by atoms with Gasteiger partial charge >= 0.3 is 5.97 Å². The highest BCUT2D eigenvalue weighted by atomic mass is 16.6. The average Bonchev–Trinajstić information content (AvgIpc) is 3.34. The van der Waals surface area contributed by atoms with Gasteiger partial charge < -0.3 is 14.5 Å². The van der Waals surface area contributed by atoms with Crippen LogP contribution >= 0.6 is 0 Å². The number of carbonyl (C=O) groups is 1. The molecule has 5 rings (SSSR count). The summed E-state index contributed by atoms with van der Waals surface area (Å²) in [7, 11) is 0. The van der Waals surface area contributed by atoms with Crippen molar-refractivity contribution in [3.63, 3.8) is 0 Å². The summed E-state index contributed by atoms with van der Waals surface area (Å²) in [4.78, 5) is 21.7. The van der Waals surface area contributed by atoms with Crippen molar-refractivity contribution < 1.29 is 9.53 Å². The molecule has 3 aliphatic heterocycles. The molecule has 146 valence electrons. The number of anilines is 1. The summed E-state index contributed by atoms with van der Waals surface area (Å²) in [6.07, 6.45) is 11.7. The number of nitrogens with zero attached hydrogens (tertiary/aromatic N) is 3. The number of hydrogen-bond donors (Lipinski definition) is 0. The van der Waals surface area contributed by atoms with Crippen molar-refractivity contribution in [3.8, 4) is 0 Å². The highest BCUT2D eigenvalue weighted by Crippen LogP contribution is 2.46. The Labute approximate surface area is 162 Å². The molecule has 4 fully saturated rings. The second-order valence-corrected chi connectivity index (χ2v) is 9.25. The van der Waals surface area contributed by atoms with E-state index in [1.165, 1.54) is 38.0 Å². The maximum Gasteiger partial charge on any atom is 0.312 e. The molecule has 3 atom stereocenters. The monoisotopic (exact) mass is 369 g/mol. The predicted molar refractivity (Wildman–Crippen MR) is 105 cm³/mol. The van der Waals surface area contributed by atoms with Gasteiger partial charge in [-0.2, -0.15) is 0 Å². The summed E-state index contributed by atoms with van der Waals surface area (Å²) in [6.45, 7) is 5.78. The normalized spacial score (nSPS) is 32.8. The molecule has 1 aromatic rings. The van der Waals surface area contributed by atoms with E-state index in [4.69, 9.17) is 4.74 Å². The molecule has 1 aromatic heterocycles. The number of carbonyl (C=O) groups excluding carboxylic acids is 1. The number of pyridine rings is 1. The zero-order valence-corrected chi connectivity index (χ0v) is 16.2. The van der Waals surface area contributed by atoms with Gasteiger partial charge in [-0.25, -0.2) is 0 Å². The minimum absolute atomic E-state index is 0.110. The minimum Gasteiger partial charge on any atom is -0.462 e. The van der Waals surface area contributed by atoms with E-state index in [0.717, 1.165) is 57.2 Å². The molecular weight excluding hydrogens is 338 g/mol. The third kappa shape index (κ3) is 3.35. The number of rotatable bonds is 4. The number of ether oxygens (including phenoxy) is 1. The van der Waals surface area contributed by atoms with Gasteiger partial charge in [-0.1, -0.05) is 19.3 Å². The number of likely N-dealkylation sites (tertiary alicyclic amines) is 1. The van der Waals surface area contributed by atoms with Crippen molar-refractivity contribution >= 4 is 11.7 Å². The Morgan fingerprint density at radius 1 is 1.04 bits per heavy atom. The van der Waals surface area contributed by atoms with Crippen molar-refractivity contribution in [1.82, 2.24) is 9.88 Å². The van der Waals surface area contributed by atoms with Crippen molar-refractivity contribution in [2.45, 2.75) is 51.0 Å². The van der Waals surface area contributed by atoms with Crippen molar-refractivity contribution in [3.05, 3.63) is 24.5 Å². The van der Waals surface area contributed by atoms with E-state index < -0.39 is 0 Å². The average molecular weight is 370 g/mol. The van der Waals surface area contributed by atoms with E-state index in [-0.39, 0.29) is 17.5 Å². The lowest BCUT2D eigenvalue weighted by atomic mass is 9.72. The topological polar surface area (TPSA) is 45.7 Å². The Kier molecular flexibility index (Phi) is 4.58. The SMILES string of the molecule is O=C1O[C@H](CCN2CC3CN(c4ccncc4)CC3C2)CC12CCCCC2. The second kappa shape index (κ2) is 7.08. The van der Waals surface area contributed by atoms with Gasteiger partial charge in [0.1, 0.15) is 6.10 Å². The van der Waals surface area contributed by atoms with Crippen LogP contribution in [0.2, 0.25) is 0 Å². The summed E-state index contributed by atoms with van der Waals surface area (Å²) in [5.74, 6) is 1.65. The first-order valence-corrected chi connectivity index (χ1v) is 10.8. The smallest absolute Gasteiger partial charge is 0.312 e. The van der Waals surface area contributed by atoms with E-state index in [9.17, 15) is 4.79 Å². The first-order chi connectivity index (χ1) is 13.2. The highest BCUT2D eigenvalue weighted by molar-refractivity contribution is 5.79. The van der Waals surface area contributed by atoms with Crippen LogP contribution < -0.4 is 4.90 Å². The van der Waals surface area contributed by atoms with Crippen molar-refractivity contribution in [2.24, 2.45) is 17.3 Å². The van der Waals surface area contributed by atoms with Crippen LogP contribution in [0.4, 0.5) is 5.69 Å². The molecule has 0 radical (unpaired) electrons. The summed E-state index contributed by atoms with van der Waals surface area (Å²) in [5, 5.41) is 0. The Morgan fingerprint density at radius 2 is 1.74 bits per heavy atom. The third-order valence-corrected chi connectivity index (χ3v) is 7.49. The van der Waals surface area contributed by atoms with Crippen LogP contribution in [0.15, 0.2) is 24.5 Å². The zero-order chi connectivity index (χ0) is 18.3. The summed E-state index contributed by atoms with van der Waals surface area (Å²) < 4.78 is 5.80.